The van der Waals surface area contributed by atoms with Crippen LogP contribution in [-0.4, -0.2) is 28.9 Å². The number of ketones is 1. The zero-order valence-corrected chi connectivity index (χ0v) is 12.3. The Morgan fingerprint density at radius 3 is 2.50 bits per heavy atom. The highest BCUT2D eigenvalue weighted by molar-refractivity contribution is 7.80. The van der Waals surface area contributed by atoms with Gasteiger partial charge in [-0.15, -0.1) is 0 Å². The summed E-state index contributed by atoms with van der Waals surface area (Å²) in [7, 11) is 0. The van der Waals surface area contributed by atoms with Gasteiger partial charge < -0.3 is 9.64 Å². The van der Waals surface area contributed by atoms with E-state index >= 15 is 0 Å². The Morgan fingerprint density at radius 1 is 1.39 bits per heavy atom. The van der Waals surface area contributed by atoms with Gasteiger partial charge >= 0.3 is 0 Å². The average Bonchev–Trinajstić information content (AvgIpc) is 2.33. The van der Waals surface area contributed by atoms with Gasteiger partial charge in [-0.2, -0.15) is 0 Å². The van der Waals surface area contributed by atoms with E-state index in [1.807, 2.05) is 18.7 Å². The summed E-state index contributed by atoms with van der Waals surface area (Å²) < 4.78 is 5.59. The topological polar surface area (TPSA) is 29.5 Å². The van der Waals surface area contributed by atoms with Crippen molar-refractivity contribution >= 4 is 34.8 Å². The summed E-state index contributed by atoms with van der Waals surface area (Å²) in [6.45, 7) is 6.93. The molecule has 1 rings (SSSR count). The van der Waals surface area contributed by atoms with Gasteiger partial charge in [0, 0.05) is 13.1 Å². The Labute approximate surface area is 118 Å². The van der Waals surface area contributed by atoms with Gasteiger partial charge in [-0.25, -0.2) is 0 Å². The molecule has 0 aromatic heterocycles. The van der Waals surface area contributed by atoms with Crippen molar-refractivity contribution in [2.75, 3.05) is 13.1 Å². The van der Waals surface area contributed by atoms with E-state index < -0.39 is 0 Å². The molecule has 1 aromatic carbocycles. The number of halogens is 1. The van der Waals surface area contributed by atoms with Crippen LogP contribution in [0.3, 0.4) is 0 Å². The van der Waals surface area contributed by atoms with Crippen LogP contribution in [0.2, 0.25) is 5.02 Å². The SMILES string of the molecule is CCN(CC)C(=S)Oc1c(Cl)cccc1C(C)=O. The summed E-state index contributed by atoms with van der Waals surface area (Å²) in [5.74, 6) is 0.235. The Balaban J connectivity index is 3.03. The first-order valence-electron chi connectivity index (χ1n) is 5.77. The number of hydrogen-bond donors (Lipinski definition) is 0. The molecule has 0 saturated carbocycles. The van der Waals surface area contributed by atoms with Crippen LogP contribution in [0.5, 0.6) is 5.75 Å². The monoisotopic (exact) mass is 285 g/mol. The van der Waals surface area contributed by atoms with E-state index in [2.05, 4.69) is 0 Å². The molecule has 0 fully saturated rings. The third-order valence-corrected chi connectivity index (χ3v) is 3.20. The van der Waals surface area contributed by atoms with Crippen LogP contribution in [0.25, 0.3) is 0 Å². The number of rotatable bonds is 4. The van der Waals surface area contributed by atoms with E-state index in [9.17, 15) is 4.79 Å². The van der Waals surface area contributed by atoms with Gasteiger partial charge in [0.25, 0.3) is 5.17 Å². The molecule has 0 spiro atoms. The van der Waals surface area contributed by atoms with E-state index in [0.717, 1.165) is 13.1 Å². The lowest BCUT2D eigenvalue weighted by Gasteiger charge is -2.22. The molecule has 0 unspecified atom stereocenters. The third kappa shape index (κ3) is 3.43. The maximum atomic E-state index is 11.5. The van der Waals surface area contributed by atoms with Crippen molar-refractivity contribution in [3.63, 3.8) is 0 Å². The molecule has 0 heterocycles. The van der Waals surface area contributed by atoms with Crippen molar-refractivity contribution < 1.29 is 9.53 Å². The van der Waals surface area contributed by atoms with Crippen molar-refractivity contribution in [1.82, 2.24) is 4.90 Å². The lowest BCUT2D eigenvalue weighted by atomic mass is 10.1. The minimum Gasteiger partial charge on any atom is -0.429 e. The molecule has 0 atom stereocenters. The first kappa shape index (κ1) is 14.9. The lowest BCUT2D eigenvalue weighted by molar-refractivity contribution is 0.101. The first-order chi connectivity index (χ1) is 8.51. The maximum Gasteiger partial charge on any atom is 0.264 e. The molecule has 3 nitrogen and oxygen atoms in total. The van der Waals surface area contributed by atoms with Gasteiger partial charge in [-0.1, -0.05) is 17.7 Å². The first-order valence-corrected chi connectivity index (χ1v) is 6.56. The lowest BCUT2D eigenvalue weighted by Crippen LogP contribution is -2.33. The molecule has 98 valence electrons. The molecule has 18 heavy (non-hydrogen) atoms. The largest absolute Gasteiger partial charge is 0.429 e. The second-order valence-electron chi connectivity index (χ2n) is 3.71. The van der Waals surface area contributed by atoms with Crippen molar-refractivity contribution in [3.05, 3.63) is 28.8 Å². The van der Waals surface area contributed by atoms with Gasteiger partial charge in [0.1, 0.15) is 0 Å². The summed E-state index contributed by atoms with van der Waals surface area (Å²) in [6, 6.07) is 5.06. The van der Waals surface area contributed by atoms with Gasteiger partial charge in [0.05, 0.1) is 10.6 Å². The standard InChI is InChI=1S/C13H16ClNO2S/c1-4-15(5-2)13(18)17-12-10(9(3)16)7-6-8-11(12)14/h6-8H,4-5H2,1-3H3. The second-order valence-corrected chi connectivity index (χ2v) is 4.47. The van der Waals surface area contributed by atoms with Crippen LogP contribution in [0.4, 0.5) is 0 Å². The number of Topliss-reactive ketones (excluding diaryl/α,β-unsaturated/α-hetero) is 1. The molecule has 5 heteroatoms. The number of para-hydroxylation sites is 1. The summed E-state index contributed by atoms with van der Waals surface area (Å²) in [5, 5.41) is 0.716. The Kier molecular flexibility index (Phi) is 5.56. The van der Waals surface area contributed by atoms with Crippen LogP contribution < -0.4 is 4.74 Å². The Bertz CT molecular complexity index is 458. The predicted octanol–water partition coefficient (Wildman–Crippen LogP) is 3.55. The van der Waals surface area contributed by atoms with Crippen molar-refractivity contribution in [3.8, 4) is 5.75 Å². The fourth-order valence-electron chi connectivity index (χ4n) is 1.52. The van der Waals surface area contributed by atoms with Crippen LogP contribution in [-0.2, 0) is 0 Å². The van der Waals surface area contributed by atoms with Crippen molar-refractivity contribution in [1.29, 1.82) is 0 Å². The number of carbonyl (C=O) groups is 1. The molecule has 0 bridgehead atoms. The fourth-order valence-corrected chi connectivity index (χ4v) is 2.08. The van der Waals surface area contributed by atoms with Crippen LogP contribution in [0.15, 0.2) is 18.2 Å². The second kappa shape index (κ2) is 6.71. The Morgan fingerprint density at radius 2 is 2.00 bits per heavy atom. The normalized spacial score (nSPS) is 10.0. The fraction of sp³-hybridized carbons (Fsp3) is 0.385. The zero-order chi connectivity index (χ0) is 13.7. The summed E-state index contributed by atoms with van der Waals surface area (Å²) in [6.07, 6.45) is 0. The van der Waals surface area contributed by atoms with E-state index in [0.29, 0.717) is 21.5 Å². The minimum atomic E-state index is -0.102. The third-order valence-electron chi connectivity index (χ3n) is 2.56. The smallest absolute Gasteiger partial charge is 0.264 e. The summed E-state index contributed by atoms with van der Waals surface area (Å²) >= 11 is 11.2. The minimum absolute atomic E-state index is 0.102. The molecule has 0 saturated heterocycles. The van der Waals surface area contributed by atoms with E-state index in [1.165, 1.54) is 6.92 Å². The van der Waals surface area contributed by atoms with Crippen LogP contribution >= 0.6 is 23.8 Å². The van der Waals surface area contributed by atoms with Gasteiger partial charge in [-0.3, -0.25) is 4.79 Å². The molecule has 0 aliphatic carbocycles. The van der Waals surface area contributed by atoms with E-state index in [-0.39, 0.29) is 5.78 Å². The van der Waals surface area contributed by atoms with Crippen LogP contribution in [0.1, 0.15) is 31.1 Å². The molecule has 0 radical (unpaired) electrons. The van der Waals surface area contributed by atoms with Crippen molar-refractivity contribution in [2.24, 2.45) is 0 Å². The number of thiocarbonyl (C=S) groups is 1. The predicted molar refractivity (Wildman–Crippen MR) is 77.6 cm³/mol. The van der Waals surface area contributed by atoms with Gasteiger partial charge in [0.2, 0.25) is 0 Å². The maximum absolute atomic E-state index is 11.5. The molecular formula is C13H16ClNO2S. The van der Waals surface area contributed by atoms with E-state index in [4.69, 9.17) is 28.6 Å². The quantitative estimate of drug-likeness (QED) is 0.625. The Hall–Kier alpha value is -1.13. The number of hydrogen-bond acceptors (Lipinski definition) is 3. The van der Waals surface area contributed by atoms with Gasteiger partial charge in [0.15, 0.2) is 11.5 Å². The molecule has 1 aromatic rings. The zero-order valence-electron chi connectivity index (χ0n) is 10.7. The highest BCUT2D eigenvalue weighted by Crippen LogP contribution is 2.29. The van der Waals surface area contributed by atoms with Gasteiger partial charge in [-0.05, 0) is 45.1 Å². The highest BCUT2D eigenvalue weighted by atomic mass is 35.5. The average molecular weight is 286 g/mol. The molecule has 0 N–H and O–H groups in total. The number of nitrogens with zero attached hydrogens (tertiary/aromatic N) is 1. The number of benzene rings is 1. The van der Waals surface area contributed by atoms with Crippen LogP contribution in [0, 0.1) is 0 Å². The molecule has 0 amide bonds. The summed E-state index contributed by atoms with van der Waals surface area (Å²) in [5.41, 5.74) is 0.442. The summed E-state index contributed by atoms with van der Waals surface area (Å²) in [4.78, 5) is 13.4. The van der Waals surface area contributed by atoms with E-state index in [1.54, 1.807) is 18.2 Å². The highest BCUT2D eigenvalue weighted by Gasteiger charge is 2.16. The molecule has 0 aliphatic rings. The molecular weight excluding hydrogens is 270 g/mol. The number of carbonyl (C=O) groups excluding carboxylic acids is 1. The molecule has 0 aliphatic heterocycles. The van der Waals surface area contributed by atoms with Crippen molar-refractivity contribution in [2.45, 2.75) is 20.8 Å². The number of ether oxygens (including phenoxy) is 1.